The second-order valence-electron chi connectivity index (χ2n) is 17.9. The van der Waals surface area contributed by atoms with Crippen molar-refractivity contribution in [3.8, 4) is 22.3 Å². The number of hydrogen-bond acceptors (Lipinski definition) is 0. The summed E-state index contributed by atoms with van der Waals surface area (Å²) in [5, 5.41) is 3.10. The van der Waals surface area contributed by atoms with Crippen LogP contribution in [0.15, 0.2) is 84.9 Å². The summed E-state index contributed by atoms with van der Waals surface area (Å²) < 4.78 is 160. The Morgan fingerprint density at radius 1 is 0.471 bits per heavy atom. The van der Waals surface area contributed by atoms with Crippen LogP contribution in [-0.4, -0.2) is 9.52 Å². The first-order valence-corrected chi connectivity index (χ1v) is 30.7. The van der Waals surface area contributed by atoms with Gasteiger partial charge in [0, 0.05) is 9.52 Å². The maximum absolute atomic E-state index is 13.3. The molecule has 0 bridgehead atoms. The van der Waals surface area contributed by atoms with Gasteiger partial charge in [-0.05, 0) is 86.1 Å². The van der Waals surface area contributed by atoms with Gasteiger partial charge >= 0.3 is 62.6 Å². The fraction of sp³-hybridized carbons (Fsp3) is 0.423. The minimum absolute atomic E-state index is 0.0642. The van der Waals surface area contributed by atoms with Crippen molar-refractivity contribution >= 4 is 48.1 Å². The van der Waals surface area contributed by atoms with Crippen LogP contribution in [0, 0.1) is 25.7 Å². The molecule has 0 atom stereocenters. The van der Waals surface area contributed by atoms with Crippen molar-refractivity contribution in [2.45, 2.75) is 129 Å². The molecular weight excluding hydrogens is 1040 g/mol. The van der Waals surface area contributed by atoms with Crippen LogP contribution in [0.5, 0.6) is 0 Å². The van der Waals surface area contributed by atoms with Gasteiger partial charge < -0.3 is 0 Å². The van der Waals surface area contributed by atoms with Crippen molar-refractivity contribution in [3.63, 3.8) is 0 Å². The number of benzene rings is 4. The average Bonchev–Trinajstić information content (AvgIpc) is 3.85. The summed E-state index contributed by atoms with van der Waals surface area (Å²) >= 11 is -0.826. The van der Waals surface area contributed by atoms with Crippen molar-refractivity contribution < 1.29 is 73.5 Å². The van der Waals surface area contributed by atoms with Crippen molar-refractivity contribution in [1.29, 1.82) is 0 Å². The molecule has 2 fully saturated rings. The van der Waals surface area contributed by atoms with Crippen LogP contribution < -0.4 is 0 Å². The van der Waals surface area contributed by atoms with Gasteiger partial charge in [0.05, 0.1) is 22.3 Å². The predicted octanol–water partition coefficient (Wildman–Crippen LogP) is 19.6. The predicted molar refractivity (Wildman–Crippen MR) is 249 cm³/mol. The Labute approximate surface area is 411 Å². The number of halogens is 14. The van der Waals surface area contributed by atoms with Gasteiger partial charge in [0.25, 0.3) is 0 Å². The number of rotatable bonds is 6. The van der Waals surface area contributed by atoms with E-state index < -0.39 is 67.8 Å². The van der Waals surface area contributed by atoms with E-state index in [4.69, 9.17) is 17.0 Å². The van der Waals surface area contributed by atoms with Crippen LogP contribution in [0.25, 0.3) is 43.8 Å². The molecule has 0 N–H and O–H groups in total. The third kappa shape index (κ3) is 15.5. The Morgan fingerprint density at radius 2 is 0.750 bits per heavy atom. The van der Waals surface area contributed by atoms with Crippen LogP contribution in [0.4, 0.5) is 52.7 Å². The first-order valence-electron chi connectivity index (χ1n) is 22.4. The van der Waals surface area contributed by atoms with E-state index in [1.54, 1.807) is 26.0 Å². The van der Waals surface area contributed by atoms with E-state index in [1.807, 2.05) is 36.4 Å². The SMILES string of the molecule is C[Si]C.Cc1cc(-c2cc(C(F)(F)F)cc(C(F)(F)F)c2)c2cc(CC3CCCCC3)[cH-]c2c1.Cc1cc(-c2cc(C(F)(F)F)cc(C(F)(F)F)c2)c2cc(CC3CCCCC3)[cH-]c2c1.[Cl][Zr+2][Cl]. The number of hydrogen-bond donors (Lipinski definition) is 0. The van der Waals surface area contributed by atoms with Gasteiger partial charge in [-0.25, -0.2) is 0 Å². The van der Waals surface area contributed by atoms with Gasteiger partial charge in [-0.2, -0.15) is 64.8 Å². The zero-order chi connectivity index (χ0) is 50.2. The summed E-state index contributed by atoms with van der Waals surface area (Å²) in [6.07, 6.45) is -5.69. The summed E-state index contributed by atoms with van der Waals surface area (Å²) in [6, 6.07) is 18.7. The standard InChI is InChI=1S/2C25H23F6.C2H6Si.2ClH.Zr/c2*1-15-7-18-10-17(9-16-5-3-2-4-6-16)11-23(18)22(8-15)19-12-20(24(26,27)28)14-21(13-19)25(29,30)31;1-3-2;;;/h2*7-8,10-14,16H,2-6,9H2,1H3;1-2H3;2*1H;/q2*-1;;;;+4/p-2. The van der Waals surface area contributed by atoms with E-state index in [-0.39, 0.29) is 23.3 Å². The first-order chi connectivity index (χ1) is 31.8. The normalized spacial score (nSPS) is 15.2. The molecule has 0 heterocycles. The summed E-state index contributed by atoms with van der Waals surface area (Å²) in [5.41, 5.74) is -0.705. The van der Waals surface area contributed by atoms with Gasteiger partial charge in [-0.15, -0.1) is 56.9 Å². The Bertz CT molecular complexity index is 2330. The molecule has 16 heteroatoms. The van der Waals surface area contributed by atoms with Crippen LogP contribution in [0.3, 0.4) is 0 Å². The van der Waals surface area contributed by atoms with Crippen LogP contribution in [0.2, 0.25) is 13.1 Å². The molecule has 0 aromatic heterocycles. The molecule has 0 unspecified atom stereocenters. The van der Waals surface area contributed by atoms with Gasteiger partial charge in [0.2, 0.25) is 0 Å². The first kappa shape index (κ1) is 55.9. The minimum atomic E-state index is -4.86. The fourth-order valence-corrected chi connectivity index (χ4v) is 9.45. The van der Waals surface area contributed by atoms with Crippen LogP contribution in [-0.2, 0) is 58.4 Å². The maximum atomic E-state index is 13.3. The van der Waals surface area contributed by atoms with Crippen molar-refractivity contribution in [2.24, 2.45) is 11.8 Å². The molecule has 0 aliphatic heterocycles. The van der Waals surface area contributed by atoms with E-state index in [0.29, 0.717) is 33.7 Å². The molecule has 0 nitrogen and oxygen atoms in total. The molecule has 2 aliphatic carbocycles. The Balaban J connectivity index is 0.000000228. The number of alkyl halides is 12. The van der Waals surface area contributed by atoms with Crippen molar-refractivity contribution in [3.05, 3.63) is 129 Å². The third-order valence-corrected chi connectivity index (χ3v) is 12.3. The quantitative estimate of drug-likeness (QED) is 0.0886. The Hall–Kier alpha value is -3.06. The number of aryl methyl sites for hydroxylation is 2. The zero-order valence-electron chi connectivity index (χ0n) is 38.0. The van der Waals surface area contributed by atoms with E-state index in [0.717, 1.165) is 105 Å². The van der Waals surface area contributed by atoms with Crippen LogP contribution in [0.1, 0.15) is 109 Å². The van der Waals surface area contributed by atoms with E-state index in [1.165, 1.54) is 38.5 Å². The molecule has 0 amide bonds. The second kappa shape index (κ2) is 23.9. The Kier molecular flexibility index (Phi) is 19.6. The molecule has 6 aromatic rings. The molecule has 8 rings (SSSR count). The topological polar surface area (TPSA) is 0 Å². The fourth-order valence-electron chi connectivity index (χ4n) is 9.45. The van der Waals surface area contributed by atoms with E-state index in [9.17, 15) is 52.7 Å². The molecule has 366 valence electrons. The van der Waals surface area contributed by atoms with Gasteiger partial charge in [-0.1, -0.05) is 112 Å². The van der Waals surface area contributed by atoms with Gasteiger partial charge in [0.1, 0.15) is 0 Å². The average molecular weight is 1100 g/mol. The van der Waals surface area contributed by atoms with Crippen molar-refractivity contribution in [1.82, 2.24) is 0 Å². The van der Waals surface area contributed by atoms with E-state index in [2.05, 4.69) is 13.1 Å². The number of fused-ring (bicyclic) bond motifs is 2. The van der Waals surface area contributed by atoms with Gasteiger partial charge in [-0.3, -0.25) is 0 Å². The van der Waals surface area contributed by atoms with Gasteiger partial charge in [0.15, 0.2) is 0 Å². The molecular formula is C52H52Cl2F12SiZr. The molecule has 0 spiro atoms. The van der Waals surface area contributed by atoms with Crippen LogP contribution >= 0.6 is 17.0 Å². The molecule has 2 aliphatic rings. The second-order valence-corrected chi connectivity index (χ2v) is 22.7. The summed E-state index contributed by atoms with van der Waals surface area (Å²) in [7, 11) is 11.0. The van der Waals surface area contributed by atoms with E-state index >= 15 is 0 Å². The summed E-state index contributed by atoms with van der Waals surface area (Å²) in [4.78, 5) is 0. The molecule has 0 saturated heterocycles. The summed E-state index contributed by atoms with van der Waals surface area (Å²) in [6.45, 7) is 7.91. The molecule has 2 radical (unpaired) electrons. The molecule has 2 saturated carbocycles. The monoisotopic (exact) mass is 1090 g/mol. The van der Waals surface area contributed by atoms with Crippen molar-refractivity contribution in [2.75, 3.05) is 0 Å². The molecule has 6 aromatic carbocycles. The zero-order valence-corrected chi connectivity index (χ0v) is 43.0. The summed E-state index contributed by atoms with van der Waals surface area (Å²) in [5.74, 6) is 1.17. The molecule has 68 heavy (non-hydrogen) atoms. The Morgan fingerprint density at radius 3 is 1.01 bits per heavy atom. The third-order valence-electron chi connectivity index (χ3n) is 12.3.